The Kier molecular flexibility index (Phi) is 2.98. The zero-order chi connectivity index (χ0) is 7.56. The van der Waals surface area contributed by atoms with Gasteiger partial charge in [-0.2, -0.15) is 0 Å². The summed E-state index contributed by atoms with van der Waals surface area (Å²) in [6.45, 7) is 0. The minimum atomic E-state index is 0.928. The van der Waals surface area contributed by atoms with Gasteiger partial charge in [-0.1, -0.05) is 31.9 Å². The molecule has 0 spiro atoms. The van der Waals surface area contributed by atoms with Crippen molar-refractivity contribution in [3.05, 3.63) is 23.5 Å². The summed E-state index contributed by atoms with van der Waals surface area (Å²) < 4.78 is 2.13. The van der Waals surface area contributed by atoms with Crippen molar-refractivity contribution in [2.75, 3.05) is 0 Å². The number of hydrogen-bond acceptors (Lipinski definition) is 0. The largest absolute Gasteiger partial charge is 0.353 e. The fraction of sp³-hybridized carbons (Fsp3) is 0.429. The lowest BCUT2D eigenvalue weighted by atomic mass is 10.3. The van der Waals surface area contributed by atoms with Gasteiger partial charge in [0, 0.05) is 29.6 Å². The van der Waals surface area contributed by atoms with E-state index in [9.17, 15) is 0 Å². The average Bonchev–Trinajstić information content (AvgIpc) is 2.30. The van der Waals surface area contributed by atoms with Gasteiger partial charge in [0.1, 0.15) is 0 Å². The van der Waals surface area contributed by atoms with Gasteiger partial charge in [0.25, 0.3) is 0 Å². The monoisotopic (exact) mass is 265 g/mol. The summed E-state index contributed by atoms with van der Waals surface area (Å²) in [5.74, 6) is 0. The van der Waals surface area contributed by atoms with Gasteiger partial charge < -0.3 is 4.57 Å². The Morgan fingerprint density at radius 2 is 2.10 bits per heavy atom. The Morgan fingerprint density at radius 1 is 1.40 bits per heavy atom. The summed E-state index contributed by atoms with van der Waals surface area (Å²) >= 11 is 6.87. The van der Waals surface area contributed by atoms with Crippen LogP contribution in [0.2, 0.25) is 0 Å². The highest BCUT2D eigenvalue weighted by Gasteiger charge is 2.02. The second kappa shape index (κ2) is 3.58. The van der Waals surface area contributed by atoms with Crippen molar-refractivity contribution in [1.29, 1.82) is 0 Å². The summed E-state index contributed by atoms with van der Waals surface area (Å²) in [5.41, 5.74) is 2.70. The van der Waals surface area contributed by atoms with Gasteiger partial charge in [-0.25, -0.2) is 0 Å². The molecule has 0 aliphatic heterocycles. The third-order valence-electron chi connectivity index (χ3n) is 1.57. The molecule has 10 heavy (non-hydrogen) atoms. The number of hydrogen-bond donors (Lipinski definition) is 0. The molecule has 0 aliphatic rings. The molecule has 0 saturated heterocycles. The van der Waals surface area contributed by atoms with E-state index in [0.717, 1.165) is 10.7 Å². The molecule has 1 rings (SSSR count). The fourth-order valence-electron chi connectivity index (χ4n) is 0.916. The molecule has 0 aromatic carbocycles. The topological polar surface area (TPSA) is 4.93 Å². The summed E-state index contributed by atoms with van der Waals surface area (Å²) in [6, 6.07) is 2.13. The van der Waals surface area contributed by atoms with Crippen LogP contribution in [-0.2, 0) is 17.7 Å². The van der Waals surface area contributed by atoms with Gasteiger partial charge in [0.05, 0.1) is 0 Å². The maximum Gasteiger partial charge on any atom is 0.0439 e. The van der Waals surface area contributed by atoms with Gasteiger partial charge in [-0.3, -0.25) is 0 Å². The highest BCUT2D eigenvalue weighted by molar-refractivity contribution is 9.09. The molecule has 0 radical (unpaired) electrons. The second-order valence-corrected chi connectivity index (χ2v) is 3.29. The smallest absolute Gasteiger partial charge is 0.0439 e. The van der Waals surface area contributed by atoms with E-state index in [1.165, 1.54) is 11.3 Å². The van der Waals surface area contributed by atoms with Gasteiger partial charge in [-0.15, -0.1) is 0 Å². The molecule has 1 heterocycles. The number of alkyl halides is 2. The zero-order valence-electron chi connectivity index (χ0n) is 5.77. The van der Waals surface area contributed by atoms with E-state index < -0.39 is 0 Å². The molecular formula is C7H9Br2N. The zero-order valence-corrected chi connectivity index (χ0v) is 8.94. The second-order valence-electron chi connectivity index (χ2n) is 2.17. The Balaban J connectivity index is 3.01. The van der Waals surface area contributed by atoms with E-state index in [1.54, 1.807) is 0 Å². The Hall–Kier alpha value is 0.240. The Labute approximate surface area is 77.7 Å². The van der Waals surface area contributed by atoms with Crippen LogP contribution < -0.4 is 0 Å². The predicted molar refractivity (Wildman–Crippen MR) is 50.7 cm³/mol. The number of aromatic nitrogens is 1. The van der Waals surface area contributed by atoms with Crippen molar-refractivity contribution in [2.24, 2.45) is 7.05 Å². The first-order valence-electron chi connectivity index (χ1n) is 3.04. The van der Waals surface area contributed by atoms with Crippen LogP contribution in [0.1, 0.15) is 11.3 Å². The van der Waals surface area contributed by atoms with Crippen molar-refractivity contribution in [3.63, 3.8) is 0 Å². The van der Waals surface area contributed by atoms with Gasteiger partial charge in [0.15, 0.2) is 0 Å². The maximum atomic E-state index is 3.44. The lowest BCUT2D eigenvalue weighted by Gasteiger charge is -1.99. The van der Waals surface area contributed by atoms with Gasteiger partial charge in [-0.05, 0) is 11.6 Å². The van der Waals surface area contributed by atoms with Gasteiger partial charge in [0.2, 0.25) is 0 Å². The lowest BCUT2D eigenvalue weighted by molar-refractivity contribution is 0.871. The van der Waals surface area contributed by atoms with Crippen LogP contribution in [0.3, 0.4) is 0 Å². The minimum absolute atomic E-state index is 0.928. The van der Waals surface area contributed by atoms with Crippen LogP contribution in [0.5, 0.6) is 0 Å². The van der Waals surface area contributed by atoms with Crippen LogP contribution >= 0.6 is 31.9 Å². The third-order valence-corrected chi connectivity index (χ3v) is 2.70. The highest BCUT2D eigenvalue weighted by atomic mass is 79.9. The molecule has 1 aromatic rings. The van der Waals surface area contributed by atoms with Crippen LogP contribution in [0.15, 0.2) is 12.3 Å². The van der Waals surface area contributed by atoms with Crippen molar-refractivity contribution >= 4 is 31.9 Å². The number of rotatable bonds is 2. The SMILES string of the molecule is Cn1ccc(CBr)c1CBr. The highest BCUT2D eigenvalue weighted by Crippen LogP contribution is 2.15. The first-order valence-corrected chi connectivity index (χ1v) is 5.29. The average molecular weight is 267 g/mol. The van der Waals surface area contributed by atoms with E-state index >= 15 is 0 Å². The summed E-state index contributed by atoms with van der Waals surface area (Å²) in [4.78, 5) is 0. The first-order chi connectivity index (χ1) is 4.79. The van der Waals surface area contributed by atoms with E-state index in [4.69, 9.17) is 0 Å². The Morgan fingerprint density at radius 3 is 2.50 bits per heavy atom. The van der Waals surface area contributed by atoms with Crippen LogP contribution in [0.4, 0.5) is 0 Å². The molecule has 0 N–H and O–H groups in total. The first kappa shape index (κ1) is 8.34. The molecule has 0 bridgehead atoms. The molecule has 0 aliphatic carbocycles. The molecule has 1 aromatic heterocycles. The summed E-state index contributed by atoms with van der Waals surface area (Å²) in [5, 5.41) is 1.87. The van der Waals surface area contributed by atoms with E-state index in [2.05, 4.69) is 55.7 Å². The van der Waals surface area contributed by atoms with Crippen LogP contribution in [0.25, 0.3) is 0 Å². The lowest BCUT2D eigenvalue weighted by Crippen LogP contribution is -1.93. The summed E-state index contributed by atoms with van der Waals surface area (Å²) in [6.07, 6.45) is 2.08. The Bertz CT molecular complexity index is 217. The van der Waals surface area contributed by atoms with Crippen molar-refractivity contribution in [3.8, 4) is 0 Å². The standard InChI is InChI=1S/C7H9Br2N/c1-10-3-2-6(4-8)7(10)5-9/h2-3H,4-5H2,1H3. The molecule has 0 saturated carbocycles. The van der Waals surface area contributed by atoms with Crippen molar-refractivity contribution < 1.29 is 0 Å². The number of aryl methyl sites for hydroxylation is 1. The summed E-state index contributed by atoms with van der Waals surface area (Å²) in [7, 11) is 2.06. The van der Waals surface area contributed by atoms with Crippen LogP contribution in [0, 0.1) is 0 Å². The molecular weight excluding hydrogens is 258 g/mol. The third kappa shape index (κ3) is 1.45. The minimum Gasteiger partial charge on any atom is -0.353 e. The van der Waals surface area contributed by atoms with Crippen molar-refractivity contribution in [1.82, 2.24) is 4.57 Å². The molecule has 56 valence electrons. The molecule has 1 nitrogen and oxygen atoms in total. The quantitative estimate of drug-likeness (QED) is 0.726. The fourth-order valence-corrected chi connectivity index (χ4v) is 2.18. The van der Waals surface area contributed by atoms with Gasteiger partial charge >= 0.3 is 0 Å². The molecule has 0 amide bonds. The maximum absolute atomic E-state index is 3.44. The molecule has 0 atom stereocenters. The van der Waals surface area contributed by atoms with E-state index in [-0.39, 0.29) is 0 Å². The van der Waals surface area contributed by atoms with Crippen LogP contribution in [-0.4, -0.2) is 4.57 Å². The van der Waals surface area contributed by atoms with E-state index in [1.807, 2.05) is 0 Å². The number of halogens is 2. The van der Waals surface area contributed by atoms with E-state index in [0.29, 0.717) is 0 Å². The van der Waals surface area contributed by atoms with Crippen molar-refractivity contribution in [2.45, 2.75) is 10.7 Å². The molecule has 3 heteroatoms. The normalized spacial score (nSPS) is 10.3. The number of nitrogens with zero attached hydrogens (tertiary/aromatic N) is 1. The molecule has 0 unspecified atom stereocenters. The predicted octanol–water partition coefficient (Wildman–Crippen LogP) is 2.81. The molecule has 0 fully saturated rings.